The topological polar surface area (TPSA) is 57.5 Å². The Balaban J connectivity index is 2.76. The number of thiophene rings is 1. The third-order valence-corrected chi connectivity index (χ3v) is 2.98. The fourth-order valence-electron chi connectivity index (χ4n) is 1.40. The zero-order chi connectivity index (χ0) is 10.3. The molecule has 0 atom stereocenters. The van der Waals surface area contributed by atoms with Crippen LogP contribution in [0.2, 0.25) is 0 Å². The molecule has 72 valence electrons. The molecule has 0 radical (unpaired) electrons. The zero-order valence-corrected chi connectivity index (χ0v) is 8.26. The maximum atomic E-state index is 10.8. The maximum absolute atomic E-state index is 10.8. The number of hydrogen-bond donors (Lipinski definition) is 2. The van der Waals surface area contributed by atoms with Gasteiger partial charge in [-0.3, -0.25) is 0 Å². The van der Waals surface area contributed by atoms with E-state index >= 15 is 0 Å². The van der Waals surface area contributed by atoms with Crippen LogP contribution in [0.4, 0.5) is 0 Å². The molecule has 2 aromatic rings. The van der Waals surface area contributed by atoms with Crippen molar-refractivity contribution < 1.29 is 15.0 Å². The first-order valence-electron chi connectivity index (χ1n) is 4.04. The second-order valence-electron chi connectivity index (χ2n) is 3.09. The van der Waals surface area contributed by atoms with Gasteiger partial charge in [0.05, 0.1) is 5.56 Å². The Morgan fingerprint density at radius 1 is 1.36 bits per heavy atom. The summed E-state index contributed by atoms with van der Waals surface area (Å²) in [6.07, 6.45) is 0. The molecule has 0 bridgehead atoms. The maximum Gasteiger partial charge on any atom is 0.335 e. The molecule has 14 heavy (non-hydrogen) atoms. The van der Waals surface area contributed by atoms with E-state index in [1.165, 1.54) is 11.3 Å². The minimum absolute atomic E-state index is 0.210. The van der Waals surface area contributed by atoms with E-state index in [2.05, 4.69) is 0 Å². The van der Waals surface area contributed by atoms with Crippen LogP contribution >= 0.6 is 11.3 Å². The van der Waals surface area contributed by atoms with Gasteiger partial charge in [-0.25, -0.2) is 4.79 Å². The van der Waals surface area contributed by atoms with E-state index in [4.69, 9.17) is 5.11 Å². The first kappa shape index (κ1) is 9.02. The number of fused-ring (bicyclic) bond motifs is 1. The first-order valence-corrected chi connectivity index (χ1v) is 4.86. The number of aromatic hydroxyl groups is 1. The second kappa shape index (κ2) is 2.99. The Kier molecular flexibility index (Phi) is 1.93. The molecule has 1 aromatic carbocycles. The fourth-order valence-corrected chi connectivity index (χ4v) is 2.29. The number of carboxylic acid groups (broad SMARTS) is 1. The second-order valence-corrected chi connectivity index (χ2v) is 4.16. The third-order valence-electron chi connectivity index (χ3n) is 2.08. The Morgan fingerprint density at radius 3 is 2.71 bits per heavy atom. The average Bonchev–Trinajstić information content (AvgIpc) is 2.42. The molecule has 0 aliphatic heterocycles. The molecule has 2 N–H and O–H groups in total. The van der Waals surface area contributed by atoms with Crippen LogP contribution in [0.1, 0.15) is 15.9 Å². The van der Waals surface area contributed by atoms with Crippen LogP contribution in [0.5, 0.6) is 5.06 Å². The van der Waals surface area contributed by atoms with Crippen LogP contribution in [0, 0.1) is 6.92 Å². The van der Waals surface area contributed by atoms with Crippen LogP contribution < -0.4 is 0 Å². The molecule has 2 rings (SSSR count). The summed E-state index contributed by atoms with van der Waals surface area (Å²) in [6.45, 7) is 1.75. The SMILES string of the molecule is Cc1cc2sc(O)cc2cc1C(=O)O. The van der Waals surface area contributed by atoms with Crippen LogP contribution in [0.3, 0.4) is 0 Å². The van der Waals surface area contributed by atoms with Gasteiger partial charge in [0.25, 0.3) is 0 Å². The largest absolute Gasteiger partial charge is 0.499 e. The van der Waals surface area contributed by atoms with Gasteiger partial charge in [0.1, 0.15) is 0 Å². The lowest BCUT2D eigenvalue weighted by atomic mass is 10.1. The van der Waals surface area contributed by atoms with Gasteiger partial charge in [-0.05, 0) is 36.1 Å². The molecule has 0 spiro atoms. The Morgan fingerprint density at radius 2 is 2.07 bits per heavy atom. The Bertz CT molecular complexity index is 513. The highest BCUT2D eigenvalue weighted by Gasteiger charge is 2.10. The van der Waals surface area contributed by atoms with E-state index in [9.17, 15) is 9.90 Å². The van der Waals surface area contributed by atoms with Gasteiger partial charge in [0.15, 0.2) is 5.06 Å². The molecule has 0 saturated heterocycles. The van der Waals surface area contributed by atoms with Crippen molar-refractivity contribution in [3.63, 3.8) is 0 Å². The summed E-state index contributed by atoms with van der Waals surface area (Å²) in [5.41, 5.74) is 1.00. The molecule has 1 heterocycles. The summed E-state index contributed by atoms with van der Waals surface area (Å²) >= 11 is 1.25. The summed E-state index contributed by atoms with van der Waals surface area (Å²) in [5.74, 6) is -0.935. The summed E-state index contributed by atoms with van der Waals surface area (Å²) in [7, 11) is 0. The molecule has 1 aromatic heterocycles. The molecule has 0 saturated carbocycles. The van der Waals surface area contributed by atoms with Gasteiger partial charge in [0, 0.05) is 4.70 Å². The highest BCUT2D eigenvalue weighted by atomic mass is 32.1. The van der Waals surface area contributed by atoms with Crippen molar-refractivity contribution >= 4 is 27.4 Å². The lowest BCUT2D eigenvalue weighted by molar-refractivity contribution is 0.0696. The minimum Gasteiger partial charge on any atom is -0.499 e. The van der Waals surface area contributed by atoms with E-state index in [-0.39, 0.29) is 10.6 Å². The third kappa shape index (κ3) is 1.33. The number of carbonyl (C=O) groups is 1. The highest BCUT2D eigenvalue weighted by Crippen LogP contribution is 2.32. The van der Waals surface area contributed by atoms with Crippen molar-refractivity contribution in [2.24, 2.45) is 0 Å². The minimum atomic E-state index is -0.935. The summed E-state index contributed by atoms with van der Waals surface area (Å²) in [6, 6.07) is 4.94. The summed E-state index contributed by atoms with van der Waals surface area (Å²) in [4.78, 5) is 10.8. The smallest absolute Gasteiger partial charge is 0.335 e. The quantitative estimate of drug-likeness (QED) is 0.757. The average molecular weight is 208 g/mol. The summed E-state index contributed by atoms with van der Waals surface area (Å²) in [5, 5.41) is 19.1. The van der Waals surface area contributed by atoms with Crippen LogP contribution in [-0.2, 0) is 0 Å². The molecular weight excluding hydrogens is 200 g/mol. The van der Waals surface area contributed by atoms with Gasteiger partial charge in [-0.1, -0.05) is 11.3 Å². The van der Waals surface area contributed by atoms with Crippen LogP contribution in [0.15, 0.2) is 18.2 Å². The van der Waals surface area contributed by atoms with Crippen LogP contribution in [-0.4, -0.2) is 16.2 Å². The van der Waals surface area contributed by atoms with E-state index in [0.29, 0.717) is 5.56 Å². The lowest BCUT2D eigenvalue weighted by Crippen LogP contribution is -1.98. The number of aromatic carboxylic acids is 1. The predicted molar refractivity (Wildman–Crippen MR) is 55.2 cm³/mol. The van der Waals surface area contributed by atoms with Gasteiger partial charge in [-0.15, -0.1) is 0 Å². The van der Waals surface area contributed by atoms with Crippen molar-refractivity contribution in [1.29, 1.82) is 0 Å². The molecule has 3 nitrogen and oxygen atoms in total. The standard InChI is InChI=1S/C10H8O3S/c1-5-2-8-6(4-9(11)14-8)3-7(5)10(12)13/h2-4,11H,1H3,(H,12,13). The van der Waals surface area contributed by atoms with Gasteiger partial charge >= 0.3 is 5.97 Å². The van der Waals surface area contributed by atoms with Crippen molar-refractivity contribution in [3.8, 4) is 5.06 Å². The van der Waals surface area contributed by atoms with E-state index < -0.39 is 5.97 Å². The monoisotopic (exact) mass is 208 g/mol. The molecule has 0 aliphatic carbocycles. The highest BCUT2D eigenvalue weighted by molar-refractivity contribution is 7.20. The van der Waals surface area contributed by atoms with Crippen molar-refractivity contribution in [2.75, 3.05) is 0 Å². The van der Waals surface area contributed by atoms with Crippen molar-refractivity contribution in [3.05, 3.63) is 29.3 Å². The lowest BCUT2D eigenvalue weighted by Gasteiger charge is -1.99. The molecular formula is C10H8O3S. The zero-order valence-electron chi connectivity index (χ0n) is 7.44. The van der Waals surface area contributed by atoms with Crippen LogP contribution in [0.25, 0.3) is 10.1 Å². The predicted octanol–water partition coefficient (Wildman–Crippen LogP) is 2.61. The molecule has 0 fully saturated rings. The van der Waals surface area contributed by atoms with E-state index in [1.54, 1.807) is 25.1 Å². The Hall–Kier alpha value is -1.55. The number of benzene rings is 1. The van der Waals surface area contributed by atoms with E-state index in [1.807, 2.05) is 0 Å². The van der Waals surface area contributed by atoms with Gasteiger partial charge < -0.3 is 10.2 Å². The van der Waals surface area contributed by atoms with Crippen molar-refractivity contribution in [2.45, 2.75) is 6.92 Å². The molecule has 0 amide bonds. The summed E-state index contributed by atoms with van der Waals surface area (Å²) < 4.78 is 0.907. The number of carboxylic acids is 1. The van der Waals surface area contributed by atoms with Gasteiger partial charge in [0.2, 0.25) is 0 Å². The number of aryl methyl sites for hydroxylation is 1. The van der Waals surface area contributed by atoms with Gasteiger partial charge in [-0.2, -0.15) is 0 Å². The van der Waals surface area contributed by atoms with Crippen molar-refractivity contribution in [1.82, 2.24) is 0 Å². The molecule has 0 aliphatic rings. The first-order chi connectivity index (χ1) is 6.58. The number of hydrogen-bond acceptors (Lipinski definition) is 3. The normalized spacial score (nSPS) is 10.6. The number of rotatable bonds is 1. The van der Waals surface area contributed by atoms with E-state index in [0.717, 1.165) is 10.1 Å². The Labute approximate surface area is 84.2 Å². The molecule has 4 heteroatoms. The molecule has 0 unspecified atom stereocenters. The fraction of sp³-hybridized carbons (Fsp3) is 0.100.